The van der Waals surface area contributed by atoms with Gasteiger partial charge in [-0.3, -0.25) is 15.8 Å². The van der Waals surface area contributed by atoms with Gasteiger partial charge in [0.25, 0.3) is 0 Å². The molecule has 0 rings (SSSR count). The number of alkyl halides is 1. The Morgan fingerprint density at radius 3 is 1.91 bits per heavy atom. The molecule has 0 saturated heterocycles. The number of hydrogen-bond donors (Lipinski definition) is 7. The van der Waals surface area contributed by atoms with Gasteiger partial charge in [0.2, 0.25) is 0 Å². The molecule has 0 aliphatic rings. The van der Waals surface area contributed by atoms with E-state index in [1.165, 1.54) is 11.8 Å². The van der Waals surface area contributed by atoms with Gasteiger partial charge in [-0.15, -0.1) is 0 Å². The second-order valence-electron chi connectivity index (χ2n) is 4.15. The van der Waals surface area contributed by atoms with E-state index in [0.717, 1.165) is 5.17 Å². The maximum absolute atomic E-state index is 11.1. The molecule has 0 spiro atoms. The van der Waals surface area contributed by atoms with E-state index in [4.69, 9.17) is 16.4 Å². The molecule has 0 heterocycles. The molecule has 0 unspecified atom stereocenters. The van der Waals surface area contributed by atoms with Gasteiger partial charge in [0, 0.05) is 0 Å². The summed E-state index contributed by atoms with van der Waals surface area (Å²) in [4.78, 5) is 16.0. The summed E-state index contributed by atoms with van der Waals surface area (Å²) >= 11 is 7.99. The van der Waals surface area contributed by atoms with Gasteiger partial charge in [-0.05, 0) is 55.9 Å². The zero-order valence-corrected chi connectivity index (χ0v) is 17.5. The quantitative estimate of drug-likeness (QED) is 0.0439. The Bertz CT molecular complexity index is 332. The fraction of sp³-hybridized carbons (Fsp3) is 0.700. The first-order valence-corrected chi connectivity index (χ1v) is 9.67. The second-order valence-corrected chi connectivity index (χ2v) is 5.38. The first-order chi connectivity index (χ1) is 10.2. The Kier molecular flexibility index (Phi) is 20.1. The van der Waals surface area contributed by atoms with Crippen LogP contribution in [-0.2, 0) is 4.74 Å². The predicted octanol–water partition coefficient (Wildman–Crippen LogP) is -1.31. The largest absolute Gasteiger partial charge is 0.443 e. The molecule has 0 aromatic heterocycles. The number of hydrazine groups is 3. The highest BCUT2D eigenvalue weighted by molar-refractivity contribution is 14.1. The maximum Gasteiger partial charge on any atom is 0.443 e. The highest BCUT2D eigenvalue weighted by Crippen LogP contribution is 2.05. The van der Waals surface area contributed by atoms with E-state index in [0.29, 0.717) is 0 Å². The molecule has 0 saturated carbocycles. The molecule has 0 aliphatic carbocycles. The summed E-state index contributed by atoms with van der Waals surface area (Å²) in [6.45, 7) is 5.43. The van der Waals surface area contributed by atoms with Crippen LogP contribution in [0.2, 0.25) is 0 Å². The number of halogens is 1. The third-order valence-electron chi connectivity index (χ3n) is 1.37. The van der Waals surface area contributed by atoms with Crippen LogP contribution in [0, 0.1) is 0 Å². The van der Waals surface area contributed by atoms with Crippen molar-refractivity contribution in [1.29, 1.82) is 0 Å². The van der Waals surface area contributed by atoms with Gasteiger partial charge >= 0.3 is 11.3 Å². The molecule has 0 aliphatic heterocycles. The number of ether oxygens (including phenoxy) is 1. The molecule has 22 heavy (non-hydrogen) atoms. The monoisotopic (exact) mass is 468 g/mol. The van der Waals surface area contributed by atoms with Crippen molar-refractivity contribution in [3.63, 3.8) is 0 Å². The van der Waals surface area contributed by atoms with Gasteiger partial charge in [-0.2, -0.15) is 10.9 Å². The zero-order valence-electron chi connectivity index (χ0n) is 13.7. The van der Waals surface area contributed by atoms with E-state index in [9.17, 15) is 4.79 Å². The molecule has 0 aromatic rings. The number of amidine groups is 1. The Balaban J connectivity index is -0.000000378. The van der Waals surface area contributed by atoms with Crippen molar-refractivity contribution in [3.8, 4) is 0 Å². The van der Waals surface area contributed by atoms with Gasteiger partial charge in [-0.25, -0.2) is 16.5 Å². The van der Waals surface area contributed by atoms with Crippen molar-refractivity contribution in [2.75, 3.05) is 18.2 Å². The minimum Gasteiger partial charge on any atom is -0.442 e. The van der Waals surface area contributed by atoms with Gasteiger partial charge in [0.1, 0.15) is 5.60 Å². The standard InChI is InChI=1S/C8H17N3O2S.CH3I.CH6N4S/c1-8(2,3)13-7(12)11-10-6(9-4)14-5;1-2;2-4-1(6)5-3/h1-5H3,(H,9,10)(H,11,12);1H3;2-3H2,(H2,4,5,6)/p+1. The highest BCUT2D eigenvalue weighted by Gasteiger charge is 2.17. The number of carbonyl (C=O) groups is 1. The molecule has 0 bridgehead atoms. The molecule has 132 valence electrons. The third kappa shape index (κ3) is 21.7. The Labute approximate surface area is 155 Å². The van der Waals surface area contributed by atoms with E-state index < -0.39 is 11.7 Å². The molecular formula is C10H27IN7O2S2+. The van der Waals surface area contributed by atoms with Crippen LogP contribution in [0.5, 0.6) is 0 Å². The molecule has 0 fully saturated rings. The molecule has 0 aromatic carbocycles. The van der Waals surface area contributed by atoms with Gasteiger partial charge in [-0.1, -0.05) is 22.6 Å². The number of nitrogens with two attached hydrogens (primary N) is 2. The van der Waals surface area contributed by atoms with Crippen molar-refractivity contribution in [2.24, 2.45) is 11.7 Å². The molecule has 0 atom stereocenters. The molecule has 9 nitrogen and oxygen atoms in total. The average molecular weight is 468 g/mol. The Hall–Kier alpha value is -0.570. The average Bonchev–Trinajstić information content (AvgIpc) is 2.48. The SMILES string of the molecule is CI.C[NH+]=C(NNC(=O)OC(C)(C)C)SC.NNC(=S)NN. The molecular weight excluding hydrogens is 441 g/mol. The summed E-state index contributed by atoms with van der Waals surface area (Å²) in [5.74, 6) is 9.50. The normalized spacial score (nSPS) is 9.95. The Morgan fingerprint density at radius 1 is 1.23 bits per heavy atom. The lowest BCUT2D eigenvalue weighted by Crippen LogP contribution is -2.72. The molecule has 0 radical (unpaired) electrons. The van der Waals surface area contributed by atoms with Gasteiger partial charge < -0.3 is 4.74 Å². The molecule has 1 amide bonds. The smallest absolute Gasteiger partial charge is 0.442 e. The lowest BCUT2D eigenvalue weighted by Gasteiger charge is -2.18. The summed E-state index contributed by atoms with van der Waals surface area (Å²) in [7, 11) is 1.76. The van der Waals surface area contributed by atoms with E-state index in [2.05, 4.69) is 61.5 Å². The summed E-state index contributed by atoms with van der Waals surface area (Å²) in [5, 5.41) is 0.978. The second kappa shape index (κ2) is 16.8. The minimum atomic E-state index is -0.501. The lowest BCUT2D eigenvalue weighted by atomic mass is 10.2. The van der Waals surface area contributed by atoms with Crippen LogP contribution >= 0.6 is 46.6 Å². The van der Waals surface area contributed by atoms with Crippen LogP contribution in [0.3, 0.4) is 0 Å². The van der Waals surface area contributed by atoms with E-state index in [-0.39, 0.29) is 5.11 Å². The summed E-state index contributed by atoms with van der Waals surface area (Å²) in [5.41, 5.74) is 8.83. The lowest BCUT2D eigenvalue weighted by molar-refractivity contribution is -0.419. The van der Waals surface area contributed by atoms with Crippen molar-refractivity contribution in [3.05, 3.63) is 0 Å². The first kappa shape index (κ1) is 26.3. The van der Waals surface area contributed by atoms with Crippen LogP contribution in [0.1, 0.15) is 20.8 Å². The van der Waals surface area contributed by atoms with Crippen LogP contribution in [0.25, 0.3) is 0 Å². The number of hydrogen-bond acceptors (Lipinski definition) is 6. The fourth-order valence-electron chi connectivity index (χ4n) is 0.669. The zero-order chi connectivity index (χ0) is 18.2. The van der Waals surface area contributed by atoms with Crippen molar-refractivity contribution in [2.45, 2.75) is 26.4 Å². The number of thiocarbonyl (C=S) groups is 1. The number of carbonyl (C=O) groups excluding carboxylic acids is 1. The summed E-state index contributed by atoms with van der Waals surface area (Å²) in [6.07, 6.45) is 1.38. The van der Waals surface area contributed by atoms with Crippen LogP contribution in [0.15, 0.2) is 0 Å². The van der Waals surface area contributed by atoms with Crippen LogP contribution < -0.4 is 38.4 Å². The summed E-state index contributed by atoms with van der Waals surface area (Å²) < 4.78 is 5.01. The molecule has 9 N–H and O–H groups in total. The maximum atomic E-state index is 11.1. The predicted molar refractivity (Wildman–Crippen MR) is 105 cm³/mol. The van der Waals surface area contributed by atoms with Crippen LogP contribution in [0.4, 0.5) is 4.79 Å². The van der Waals surface area contributed by atoms with Crippen molar-refractivity contribution < 1.29 is 14.5 Å². The van der Waals surface area contributed by atoms with Gasteiger partial charge in [0.15, 0.2) is 5.11 Å². The molecule has 12 heteroatoms. The first-order valence-electron chi connectivity index (χ1n) is 5.88. The van der Waals surface area contributed by atoms with Crippen LogP contribution in [-0.4, -0.2) is 40.2 Å². The minimum absolute atomic E-state index is 0.231. The number of rotatable bonds is 0. The summed E-state index contributed by atoms with van der Waals surface area (Å²) in [6, 6.07) is 0. The van der Waals surface area contributed by atoms with Crippen molar-refractivity contribution in [1.82, 2.24) is 21.7 Å². The van der Waals surface area contributed by atoms with E-state index in [1.54, 1.807) is 7.05 Å². The topological polar surface area (TPSA) is 140 Å². The fourth-order valence-corrected chi connectivity index (χ4v) is 1.03. The highest BCUT2D eigenvalue weighted by atomic mass is 127. The number of thioether (sulfide) groups is 1. The van der Waals surface area contributed by atoms with E-state index >= 15 is 0 Å². The van der Waals surface area contributed by atoms with E-state index in [1.807, 2.05) is 32.0 Å². The number of nitrogens with one attached hydrogen (secondary N) is 5. The van der Waals surface area contributed by atoms with Gasteiger partial charge in [0.05, 0.1) is 7.05 Å². The Morgan fingerprint density at radius 2 is 1.68 bits per heavy atom. The van der Waals surface area contributed by atoms with Crippen molar-refractivity contribution >= 4 is 62.9 Å². The number of amides is 1. The third-order valence-corrected chi connectivity index (χ3v) is 2.32.